The molecule has 0 bridgehead atoms. The van der Waals surface area contributed by atoms with Gasteiger partial charge in [0.1, 0.15) is 5.75 Å². The average Bonchev–Trinajstić information content (AvgIpc) is 2.77. The van der Waals surface area contributed by atoms with Gasteiger partial charge in [0.15, 0.2) is 0 Å². The van der Waals surface area contributed by atoms with Gasteiger partial charge in [-0.1, -0.05) is 6.07 Å². The number of hydrogen-bond acceptors (Lipinski definition) is 6. The lowest BCUT2D eigenvalue weighted by Crippen LogP contribution is -2.49. The number of halogens is 3. The lowest BCUT2D eigenvalue weighted by atomic mass is 10.1. The van der Waals surface area contributed by atoms with Gasteiger partial charge in [0.2, 0.25) is 10.0 Å². The van der Waals surface area contributed by atoms with E-state index in [1.54, 1.807) is 6.20 Å². The molecule has 0 amide bonds. The summed E-state index contributed by atoms with van der Waals surface area (Å²) in [5, 5.41) is 0.959. The van der Waals surface area contributed by atoms with Gasteiger partial charge < -0.3 is 4.74 Å². The van der Waals surface area contributed by atoms with E-state index in [9.17, 15) is 21.6 Å². The number of aromatic nitrogens is 2. The molecule has 0 spiro atoms. The van der Waals surface area contributed by atoms with Crippen LogP contribution in [0.1, 0.15) is 17.4 Å². The van der Waals surface area contributed by atoms with E-state index < -0.39 is 22.1 Å². The lowest BCUT2D eigenvalue weighted by Gasteiger charge is -2.37. The number of ether oxygens (including phenoxy) is 1. The number of aryl methyl sites for hydroxylation is 1. The molecule has 1 aliphatic rings. The standard InChI is InChI=1S/C22H22F3N4O3S/c1-15-19-6-7-20(27-21(19)8-9-26-15)16(2)28-10-12-29(13-11-28)33(30,31)18-5-3-4-17(14-18)32-22(23,24)25/h3-9,14,16H,2,10-13H2,1H3. The van der Waals surface area contributed by atoms with E-state index >= 15 is 0 Å². The van der Waals surface area contributed by atoms with Crippen LogP contribution in [0.15, 0.2) is 53.6 Å². The molecule has 11 heteroatoms. The van der Waals surface area contributed by atoms with Crippen molar-refractivity contribution in [3.63, 3.8) is 0 Å². The number of pyridine rings is 2. The van der Waals surface area contributed by atoms with E-state index in [4.69, 9.17) is 0 Å². The molecular formula is C22H22F3N4O3S. The summed E-state index contributed by atoms with van der Waals surface area (Å²) in [7, 11) is -3.97. The molecule has 3 aromatic rings. The van der Waals surface area contributed by atoms with Crippen LogP contribution in [0, 0.1) is 13.8 Å². The van der Waals surface area contributed by atoms with Gasteiger partial charge in [0.25, 0.3) is 0 Å². The number of nitrogens with zero attached hydrogens (tertiary/aromatic N) is 4. The van der Waals surface area contributed by atoms with Gasteiger partial charge in [0.05, 0.1) is 22.1 Å². The fraction of sp³-hybridized carbons (Fsp3) is 0.318. The summed E-state index contributed by atoms with van der Waals surface area (Å²) in [6.45, 7) is 7.28. The number of rotatable bonds is 5. The second-order valence-corrected chi connectivity index (χ2v) is 9.62. The van der Waals surface area contributed by atoms with Crippen molar-refractivity contribution in [3.05, 3.63) is 67.0 Å². The molecule has 4 rings (SSSR count). The summed E-state index contributed by atoms with van der Waals surface area (Å²) in [5.74, 6) is -0.576. The fourth-order valence-electron chi connectivity index (χ4n) is 3.82. The Bertz CT molecular complexity index is 1260. The Kier molecular flexibility index (Phi) is 6.30. The number of sulfonamides is 1. The lowest BCUT2D eigenvalue weighted by molar-refractivity contribution is -0.274. The zero-order chi connectivity index (χ0) is 23.8. The summed E-state index contributed by atoms with van der Waals surface area (Å²) in [5.41, 5.74) is 2.47. The van der Waals surface area contributed by atoms with Gasteiger partial charge in [-0.15, -0.1) is 13.2 Å². The molecule has 0 N–H and O–H groups in total. The maximum Gasteiger partial charge on any atom is 0.573 e. The molecule has 1 radical (unpaired) electrons. The van der Waals surface area contributed by atoms with E-state index in [1.807, 2.05) is 30.0 Å². The minimum atomic E-state index is -4.90. The van der Waals surface area contributed by atoms with Crippen molar-refractivity contribution in [2.75, 3.05) is 26.2 Å². The normalized spacial score (nSPS) is 17.2. The molecule has 1 aliphatic heterocycles. The highest BCUT2D eigenvalue weighted by molar-refractivity contribution is 7.89. The number of alkyl halides is 3. The second kappa shape index (κ2) is 8.88. The summed E-state index contributed by atoms with van der Waals surface area (Å²) in [6.07, 6.45) is -3.20. The second-order valence-electron chi connectivity index (χ2n) is 7.68. The van der Waals surface area contributed by atoms with E-state index in [-0.39, 0.29) is 24.0 Å². The molecule has 175 valence electrons. The zero-order valence-electron chi connectivity index (χ0n) is 17.8. The fourth-order valence-corrected chi connectivity index (χ4v) is 5.28. The minimum absolute atomic E-state index is 0.176. The van der Waals surface area contributed by atoms with Gasteiger partial charge >= 0.3 is 6.36 Å². The molecule has 7 nitrogen and oxygen atoms in total. The highest BCUT2D eigenvalue weighted by atomic mass is 32.2. The molecule has 0 aliphatic carbocycles. The maximum atomic E-state index is 13.0. The highest BCUT2D eigenvalue weighted by Crippen LogP contribution is 2.28. The predicted octanol–water partition coefficient (Wildman–Crippen LogP) is 3.72. The van der Waals surface area contributed by atoms with Crippen molar-refractivity contribution in [1.29, 1.82) is 0 Å². The van der Waals surface area contributed by atoms with Gasteiger partial charge in [-0.25, -0.2) is 8.42 Å². The minimum Gasteiger partial charge on any atom is -0.406 e. The van der Waals surface area contributed by atoms with Crippen LogP contribution in [-0.4, -0.2) is 60.1 Å². The first-order valence-electron chi connectivity index (χ1n) is 10.2. The van der Waals surface area contributed by atoms with E-state index in [0.717, 1.165) is 34.4 Å². The van der Waals surface area contributed by atoms with Gasteiger partial charge in [-0.3, -0.25) is 14.9 Å². The van der Waals surface area contributed by atoms with E-state index in [1.165, 1.54) is 16.4 Å². The van der Waals surface area contributed by atoms with Crippen LogP contribution in [-0.2, 0) is 10.0 Å². The summed E-state index contributed by atoms with van der Waals surface area (Å²) >= 11 is 0. The average molecular weight is 480 g/mol. The van der Waals surface area contributed by atoms with Gasteiger partial charge in [-0.05, 0) is 44.2 Å². The molecular weight excluding hydrogens is 457 g/mol. The first kappa shape index (κ1) is 23.4. The van der Waals surface area contributed by atoms with Gasteiger partial charge in [0, 0.05) is 49.5 Å². The van der Waals surface area contributed by atoms with Crippen molar-refractivity contribution in [2.24, 2.45) is 0 Å². The maximum absolute atomic E-state index is 13.0. The Morgan fingerprint density at radius 2 is 1.82 bits per heavy atom. The van der Waals surface area contributed by atoms with Crippen LogP contribution in [0.4, 0.5) is 13.2 Å². The van der Waals surface area contributed by atoms with Crippen LogP contribution in [0.3, 0.4) is 0 Å². The molecule has 33 heavy (non-hydrogen) atoms. The quantitative estimate of drug-likeness (QED) is 0.555. The van der Waals surface area contributed by atoms with E-state index in [2.05, 4.69) is 21.6 Å². The summed E-state index contributed by atoms with van der Waals surface area (Å²) in [6, 6.07) is 9.82. The third kappa shape index (κ3) is 5.10. The number of hydrogen-bond donors (Lipinski definition) is 0. The third-order valence-electron chi connectivity index (χ3n) is 5.57. The first-order chi connectivity index (χ1) is 15.5. The highest BCUT2D eigenvalue weighted by Gasteiger charge is 2.33. The summed E-state index contributed by atoms with van der Waals surface area (Å²) < 4.78 is 68.5. The molecule has 2 aromatic heterocycles. The van der Waals surface area contributed by atoms with Crippen molar-refractivity contribution in [1.82, 2.24) is 19.2 Å². The Balaban J connectivity index is 1.45. The Hall–Kier alpha value is -2.76. The Morgan fingerprint density at radius 3 is 2.52 bits per heavy atom. The molecule has 1 aromatic carbocycles. The van der Waals surface area contributed by atoms with Gasteiger partial charge in [-0.2, -0.15) is 4.31 Å². The molecule has 1 unspecified atom stereocenters. The number of piperazine rings is 1. The molecule has 1 fully saturated rings. The van der Waals surface area contributed by atoms with Crippen LogP contribution in [0.25, 0.3) is 10.9 Å². The molecule has 1 atom stereocenters. The van der Waals surface area contributed by atoms with E-state index in [0.29, 0.717) is 13.1 Å². The van der Waals surface area contributed by atoms with Crippen LogP contribution >= 0.6 is 0 Å². The first-order valence-corrected chi connectivity index (χ1v) is 11.6. The monoisotopic (exact) mass is 479 g/mol. The van der Waals surface area contributed by atoms with Crippen LogP contribution in [0.2, 0.25) is 0 Å². The van der Waals surface area contributed by atoms with Crippen molar-refractivity contribution in [2.45, 2.75) is 24.2 Å². The van der Waals surface area contributed by atoms with Crippen LogP contribution < -0.4 is 4.74 Å². The van der Waals surface area contributed by atoms with Crippen molar-refractivity contribution < 1.29 is 26.3 Å². The molecule has 0 saturated carbocycles. The Morgan fingerprint density at radius 1 is 1.09 bits per heavy atom. The SMILES string of the molecule is [CH2]C(c1ccc2c(C)nccc2n1)N1CCN(S(=O)(=O)c2cccc(OC(F)(F)F)c2)CC1. The number of fused-ring (bicyclic) bond motifs is 1. The largest absolute Gasteiger partial charge is 0.573 e. The summed E-state index contributed by atoms with van der Waals surface area (Å²) in [4.78, 5) is 10.7. The zero-order valence-corrected chi connectivity index (χ0v) is 18.6. The predicted molar refractivity (Wildman–Crippen MR) is 116 cm³/mol. The van der Waals surface area contributed by atoms with Crippen molar-refractivity contribution in [3.8, 4) is 5.75 Å². The third-order valence-corrected chi connectivity index (χ3v) is 7.46. The number of benzene rings is 1. The smallest absolute Gasteiger partial charge is 0.406 e. The Labute approximate surface area is 189 Å². The molecule has 1 saturated heterocycles. The van der Waals surface area contributed by atoms with Crippen molar-refractivity contribution >= 4 is 20.9 Å². The molecule has 3 heterocycles. The topological polar surface area (TPSA) is 75.6 Å². The van der Waals surface area contributed by atoms with Crippen LogP contribution in [0.5, 0.6) is 5.75 Å².